The number of carbonyl (C=O) groups is 1. The van der Waals surface area contributed by atoms with E-state index in [0.29, 0.717) is 17.2 Å². The van der Waals surface area contributed by atoms with Crippen molar-refractivity contribution in [2.45, 2.75) is 33.1 Å². The van der Waals surface area contributed by atoms with Crippen molar-refractivity contribution in [1.82, 2.24) is 4.90 Å². The lowest BCUT2D eigenvalue weighted by atomic mass is 10.0. The SMILES string of the molecule is CCCC1CCN(C(=O)c2ccc(C)cc2N)C1. The summed E-state index contributed by atoms with van der Waals surface area (Å²) in [6.45, 7) is 5.94. The van der Waals surface area contributed by atoms with Crippen LogP contribution in [0.2, 0.25) is 0 Å². The third-order valence-corrected chi connectivity index (χ3v) is 3.71. The number of benzene rings is 1. The summed E-state index contributed by atoms with van der Waals surface area (Å²) in [5.74, 6) is 0.761. The number of nitrogens with zero attached hydrogens (tertiary/aromatic N) is 1. The van der Waals surface area contributed by atoms with Gasteiger partial charge in [0.15, 0.2) is 0 Å². The van der Waals surface area contributed by atoms with Crippen molar-refractivity contribution >= 4 is 11.6 Å². The van der Waals surface area contributed by atoms with E-state index in [1.165, 1.54) is 12.8 Å². The highest BCUT2D eigenvalue weighted by Crippen LogP contribution is 2.24. The zero-order chi connectivity index (χ0) is 13.1. The van der Waals surface area contributed by atoms with Crippen LogP contribution in [-0.4, -0.2) is 23.9 Å². The van der Waals surface area contributed by atoms with Crippen molar-refractivity contribution in [2.75, 3.05) is 18.8 Å². The number of nitrogens with two attached hydrogens (primary N) is 1. The number of aryl methyl sites for hydroxylation is 1. The Morgan fingerprint density at radius 1 is 1.50 bits per heavy atom. The molecule has 1 unspecified atom stereocenters. The third kappa shape index (κ3) is 2.66. The standard InChI is InChI=1S/C15H22N2O/c1-3-4-12-7-8-17(10-12)15(18)13-6-5-11(2)9-14(13)16/h5-6,9,12H,3-4,7-8,10,16H2,1-2H3. The lowest BCUT2D eigenvalue weighted by molar-refractivity contribution is 0.0787. The molecule has 2 rings (SSSR count). The number of rotatable bonds is 3. The van der Waals surface area contributed by atoms with Crippen LogP contribution in [0.4, 0.5) is 5.69 Å². The van der Waals surface area contributed by atoms with E-state index < -0.39 is 0 Å². The van der Waals surface area contributed by atoms with Crippen molar-refractivity contribution < 1.29 is 4.79 Å². The Morgan fingerprint density at radius 3 is 2.94 bits per heavy atom. The maximum absolute atomic E-state index is 12.4. The summed E-state index contributed by atoms with van der Waals surface area (Å²) in [4.78, 5) is 14.3. The predicted molar refractivity (Wildman–Crippen MR) is 74.5 cm³/mol. The molecule has 0 bridgehead atoms. The summed E-state index contributed by atoms with van der Waals surface area (Å²) in [7, 11) is 0. The number of hydrogen-bond donors (Lipinski definition) is 1. The first kappa shape index (κ1) is 12.9. The molecule has 0 radical (unpaired) electrons. The second-order valence-corrected chi connectivity index (χ2v) is 5.29. The lowest BCUT2D eigenvalue weighted by Crippen LogP contribution is -2.29. The molecule has 1 aromatic carbocycles. The van der Waals surface area contributed by atoms with Gasteiger partial charge in [-0.25, -0.2) is 0 Å². The fourth-order valence-corrected chi connectivity index (χ4v) is 2.71. The van der Waals surface area contributed by atoms with Gasteiger partial charge in [-0.1, -0.05) is 19.4 Å². The van der Waals surface area contributed by atoms with Crippen LogP contribution in [0.25, 0.3) is 0 Å². The van der Waals surface area contributed by atoms with Crippen molar-refractivity contribution in [1.29, 1.82) is 0 Å². The van der Waals surface area contributed by atoms with Crippen LogP contribution < -0.4 is 5.73 Å². The Kier molecular flexibility index (Phi) is 3.90. The number of hydrogen-bond acceptors (Lipinski definition) is 2. The summed E-state index contributed by atoms with van der Waals surface area (Å²) in [5.41, 5.74) is 8.27. The normalized spacial score (nSPS) is 19.2. The maximum Gasteiger partial charge on any atom is 0.255 e. The van der Waals surface area contributed by atoms with Crippen LogP contribution >= 0.6 is 0 Å². The molecule has 3 heteroatoms. The second kappa shape index (κ2) is 5.42. The fraction of sp³-hybridized carbons (Fsp3) is 0.533. The van der Waals surface area contributed by atoms with Crippen molar-refractivity contribution in [3.8, 4) is 0 Å². The average Bonchev–Trinajstić information content (AvgIpc) is 2.77. The Labute approximate surface area is 109 Å². The van der Waals surface area contributed by atoms with E-state index in [4.69, 9.17) is 5.73 Å². The van der Waals surface area contributed by atoms with Crippen molar-refractivity contribution in [3.63, 3.8) is 0 Å². The van der Waals surface area contributed by atoms with E-state index in [2.05, 4.69) is 6.92 Å². The molecule has 1 heterocycles. The van der Waals surface area contributed by atoms with Gasteiger partial charge in [0.05, 0.1) is 5.56 Å². The molecule has 1 fully saturated rings. The van der Waals surface area contributed by atoms with Crippen LogP contribution in [0.5, 0.6) is 0 Å². The van der Waals surface area contributed by atoms with E-state index in [1.54, 1.807) is 0 Å². The molecule has 0 spiro atoms. The number of nitrogen functional groups attached to an aromatic ring is 1. The molecule has 0 aromatic heterocycles. The summed E-state index contributed by atoms with van der Waals surface area (Å²) in [6.07, 6.45) is 3.54. The van der Waals surface area contributed by atoms with Crippen LogP contribution in [0.15, 0.2) is 18.2 Å². The minimum absolute atomic E-state index is 0.0890. The summed E-state index contributed by atoms with van der Waals surface area (Å²) in [5, 5.41) is 0. The Hall–Kier alpha value is -1.51. The van der Waals surface area contributed by atoms with Gasteiger partial charge in [0.25, 0.3) is 5.91 Å². The van der Waals surface area contributed by atoms with Gasteiger partial charge in [0.1, 0.15) is 0 Å². The molecular weight excluding hydrogens is 224 g/mol. The molecule has 0 saturated carbocycles. The molecular formula is C15H22N2O. The van der Waals surface area contributed by atoms with Gasteiger partial charge in [-0.05, 0) is 43.4 Å². The number of amides is 1. The van der Waals surface area contributed by atoms with E-state index in [1.807, 2.05) is 30.0 Å². The molecule has 1 atom stereocenters. The molecule has 3 nitrogen and oxygen atoms in total. The molecule has 0 aliphatic carbocycles. The van der Waals surface area contributed by atoms with E-state index in [-0.39, 0.29) is 5.91 Å². The monoisotopic (exact) mass is 246 g/mol. The van der Waals surface area contributed by atoms with Crippen molar-refractivity contribution in [2.24, 2.45) is 5.92 Å². The zero-order valence-electron chi connectivity index (χ0n) is 11.3. The van der Waals surface area contributed by atoms with Gasteiger partial charge in [-0.2, -0.15) is 0 Å². The highest BCUT2D eigenvalue weighted by molar-refractivity contribution is 5.99. The molecule has 1 amide bonds. The minimum atomic E-state index is 0.0890. The predicted octanol–water partition coefficient (Wildman–Crippen LogP) is 2.84. The largest absolute Gasteiger partial charge is 0.398 e. The molecule has 98 valence electrons. The van der Waals surface area contributed by atoms with Gasteiger partial charge in [-0.15, -0.1) is 0 Å². The molecule has 1 aliphatic rings. The van der Waals surface area contributed by atoms with Gasteiger partial charge in [-0.3, -0.25) is 4.79 Å². The molecule has 2 N–H and O–H groups in total. The summed E-state index contributed by atoms with van der Waals surface area (Å²) in [6, 6.07) is 5.66. The first-order valence-electron chi connectivity index (χ1n) is 6.77. The van der Waals surface area contributed by atoms with E-state index in [9.17, 15) is 4.79 Å². The Bertz CT molecular complexity index is 442. The van der Waals surface area contributed by atoms with Crippen LogP contribution in [0.1, 0.15) is 42.1 Å². The Morgan fingerprint density at radius 2 is 2.28 bits per heavy atom. The smallest absolute Gasteiger partial charge is 0.255 e. The van der Waals surface area contributed by atoms with Gasteiger partial charge in [0, 0.05) is 18.8 Å². The highest BCUT2D eigenvalue weighted by atomic mass is 16.2. The topological polar surface area (TPSA) is 46.3 Å². The van der Waals surface area contributed by atoms with Gasteiger partial charge >= 0.3 is 0 Å². The van der Waals surface area contributed by atoms with E-state index >= 15 is 0 Å². The number of carbonyl (C=O) groups excluding carboxylic acids is 1. The van der Waals surface area contributed by atoms with Gasteiger partial charge in [0.2, 0.25) is 0 Å². The number of anilines is 1. The van der Waals surface area contributed by atoms with Crippen LogP contribution in [0, 0.1) is 12.8 Å². The summed E-state index contributed by atoms with van der Waals surface area (Å²) >= 11 is 0. The third-order valence-electron chi connectivity index (χ3n) is 3.71. The van der Waals surface area contributed by atoms with Crippen molar-refractivity contribution in [3.05, 3.63) is 29.3 Å². The summed E-state index contributed by atoms with van der Waals surface area (Å²) < 4.78 is 0. The van der Waals surface area contributed by atoms with Crippen LogP contribution in [0.3, 0.4) is 0 Å². The quantitative estimate of drug-likeness (QED) is 0.834. The second-order valence-electron chi connectivity index (χ2n) is 5.29. The molecule has 1 aromatic rings. The average molecular weight is 246 g/mol. The minimum Gasteiger partial charge on any atom is -0.398 e. The Balaban J connectivity index is 2.08. The molecule has 1 saturated heterocycles. The molecule has 1 aliphatic heterocycles. The van der Waals surface area contributed by atoms with E-state index in [0.717, 1.165) is 25.1 Å². The molecule has 18 heavy (non-hydrogen) atoms. The highest BCUT2D eigenvalue weighted by Gasteiger charge is 2.27. The van der Waals surface area contributed by atoms with Crippen LogP contribution in [-0.2, 0) is 0 Å². The zero-order valence-corrected chi connectivity index (χ0v) is 11.3. The first-order valence-corrected chi connectivity index (χ1v) is 6.77. The fourth-order valence-electron chi connectivity index (χ4n) is 2.71. The lowest BCUT2D eigenvalue weighted by Gasteiger charge is -2.17. The first-order chi connectivity index (χ1) is 8.61. The maximum atomic E-state index is 12.4. The number of likely N-dealkylation sites (tertiary alicyclic amines) is 1. The van der Waals surface area contributed by atoms with Gasteiger partial charge < -0.3 is 10.6 Å².